The van der Waals surface area contributed by atoms with E-state index in [-0.39, 0.29) is 6.61 Å². The van der Waals surface area contributed by atoms with Gasteiger partial charge in [-0.2, -0.15) is 0 Å². The molecular weight excluding hydrogens is 586 g/mol. The number of amides is 1. The van der Waals surface area contributed by atoms with Crippen LogP contribution < -0.4 is 10.7 Å². The SMILES string of the molecule is C=C/C=C(\C=C/C)c1cccc(CN2CCN(c3cccc4c3oc(=O)n4C(OC(=O)N3CCN(C)CC3)C(=O)OCC)CC2)c1. The number of aromatic nitrogens is 1. The number of likely N-dealkylation sites (N-methyl/N-ethyl adjacent to an activating group) is 1. The van der Waals surface area contributed by atoms with Crippen LogP contribution in [0.15, 0.2) is 82.6 Å². The van der Waals surface area contributed by atoms with Crippen molar-refractivity contribution in [3.63, 3.8) is 0 Å². The molecule has 0 bridgehead atoms. The summed E-state index contributed by atoms with van der Waals surface area (Å²) in [5.41, 5.74) is 4.93. The summed E-state index contributed by atoms with van der Waals surface area (Å²) in [7, 11) is 1.97. The van der Waals surface area contributed by atoms with Gasteiger partial charge in [0.25, 0.3) is 6.23 Å². The van der Waals surface area contributed by atoms with Gasteiger partial charge in [0.2, 0.25) is 0 Å². The first-order chi connectivity index (χ1) is 22.3. The Morgan fingerprint density at radius 3 is 2.46 bits per heavy atom. The molecule has 0 N–H and O–H groups in total. The van der Waals surface area contributed by atoms with Gasteiger partial charge < -0.3 is 28.6 Å². The van der Waals surface area contributed by atoms with E-state index in [0.717, 1.165) is 41.0 Å². The topological polar surface area (TPSA) is 101 Å². The molecule has 1 amide bonds. The average molecular weight is 630 g/mol. The average Bonchev–Trinajstić information content (AvgIpc) is 3.40. The Labute approximate surface area is 269 Å². The first kappa shape index (κ1) is 32.8. The van der Waals surface area contributed by atoms with Gasteiger partial charge in [0, 0.05) is 58.9 Å². The predicted molar refractivity (Wildman–Crippen MR) is 179 cm³/mol. The molecule has 11 nitrogen and oxygen atoms in total. The molecule has 0 spiro atoms. The standard InChI is InChI=1S/C35H43N5O6/c1-5-10-27(11-6-2)28-13-8-12-26(24-28)25-37-18-22-38(23-19-37)29-14-9-15-30-31(29)45-35(43)40(30)32(33(41)44-7-3)46-34(42)39-20-16-36(4)17-21-39/h5-6,8-15,24,32H,1,7,16-23,25H2,2-4H3/b11-6-,27-10+. The normalized spacial score (nSPS) is 17.4. The number of benzene rings is 2. The highest BCUT2D eigenvalue weighted by molar-refractivity contribution is 5.89. The number of carbonyl (C=O) groups is 2. The first-order valence-corrected chi connectivity index (χ1v) is 15.8. The number of ether oxygens (including phenoxy) is 2. The third-order valence-electron chi connectivity index (χ3n) is 8.34. The lowest BCUT2D eigenvalue weighted by molar-refractivity contribution is -0.159. The molecule has 11 heteroatoms. The molecule has 2 saturated heterocycles. The maximum absolute atomic E-state index is 13.3. The number of allylic oxidation sites excluding steroid dienone is 5. The van der Waals surface area contributed by atoms with Gasteiger partial charge >= 0.3 is 17.8 Å². The van der Waals surface area contributed by atoms with Gasteiger partial charge in [0.15, 0.2) is 5.58 Å². The molecule has 46 heavy (non-hydrogen) atoms. The van der Waals surface area contributed by atoms with Crippen molar-refractivity contribution in [2.24, 2.45) is 0 Å². The van der Waals surface area contributed by atoms with Crippen LogP contribution in [0, 0.1) is 0 Å². The number of esters is 1. The van der Waals surface area contributed by atoms with Crippen molar-refractivity contribution in [2.45, 2.75) is 26.6 Å². The zero-order chi connectivity index (χ0) is 32.6. The summed E-state index contributed by atoms with van der Waals surface area (Å²) in [6, 6.07) is 14.0. The lowest BCUT2D eigenvalue weighted by Gasteiger charge is -2.36. The molecule has 244 valence electrons. The highest BCUT2D eigenvalue weighted by Gasteiger charge is 2.34. The van der Waals surface area contributed by atoms with Crippen LogP contribution in [0.5, 0.6) is 0 Å². The largest absolute Gasteiger partial charge is 0.462 e. The monoisotopic (exact) mass is 629 g/mol. The maximum Gasteiger partial charge on any atom is 0.423 e. The molecule has 2 aliphatic heterocycles. The van der Waals surface area contributed by atoms with E-state index in [1.807, 2.05) is 38.3 Å². The molecule has 5 rings (SSSR count). The molecule has 1 aromatic heterocycles. The summed E-state index contributed by atoms with van der Waals surface area (Å²) in [6.07, 6.45) is 5.62. The summed E-state index contributed by atoms with van der Waals surface area (Å²) >= 11 is 0. The zero-order valence-electron chi connectivity index (χ0n) is 26.9. The Hall–Kier alpha value is -4.61. The van der Waals surface area contributed by atoms with Crippen LogP contribution in [0.2, 0.25) is 0 Å². The van der Waals surface area contributed by atoms with E-state index >= 15 is 0 Å². The highest BCUT2D eigenvalue weighted by atomic mass is 16.6. The number of piperazine rings is 2. The minimum Gasteiger partial charge on any atom is -0.462 e. The van der Waals surface area contributed by atoms with E-state index in [4.69, 9.17) is 13.9 Å². The molecule has 2 aliphatic rings. The van der Waals surface area contributed by atoms with E-state index in [9.17, 15) is 14.4 Å². The van der Waals surface area contributed by atoms with Crippen LogP contribution in [0.4, 0.5) is 10.5 Å². The van der Waals surface area contributed by atoms with Crippen LogP contribution in [-0.4, -0.2) is 97.3 Å². The van der Waals surface area contributed by atoms with Crippen LogP contribution in [0.3, 0.4) is 0 Å². The van der Waals surface area contributed by atoms with Gasteiger partial charge in [-0.1, -0.05) is 55.1 Å². The van der Waals surface area contributed by atoms with E-state index < -0.39 is 24.0 Å². The van der Waals surface area contributed by atoms with Crippen molar-refractivity contribution >= 4 is 34.4 Å². The molecule has 0 aliphatic carbocycles. The Bertz CT molecular complexity index is 1660. The summed E-state index contributed by atoms with van der Waals surface area (Å²) in [6.45, 7) is 13.7. The number of hydrogen-bond acceptors (Lipinski definition) is 9. The molecular formula is C35H43N5O6. The second kappa shape index (κ2) is 15.1. The van der Waals surface area contributed by atoms with Gasteiger partial charge in [-0.05, 0) is 55.8 Å². The fraction of sp³-hybridized carbons (Fsp3) is 0.400. The van der Waals surface area contributed by atoms with E-state index in [1.165, 1.54) is 10.5 Å². The van der Waals surface area contributed by atoms with Gasteiger partial charge in [-0.3, -0.25) is 4.90 Å². The molecule has 3 heterocycles. The molecule has 2 aromatic carbocycles. The van der Waals surface area contributed by atoms with Crippen molar-refractivity contribution in [1.29, 1.82) is 0 Å². The van der Waals surface area contributed by atoms with Crippen molar-refractivity contribution in [3.05, 3.63) is 95.0 Å². The second-order valence-electron chi connectivity index (χ2n) is 11.5. The van der Waals surface area contributed by atoms with Crippen molar-refractivity contribution in [3.8, 4) is 0 Å². The molecule has 0 saturated carbocycles. The van der Waals surface area contributed by atoms with Crippen LogP contribution in [-0.2, 0) is 20.8 Å². The third kappa shape index (κ3) is 7.43. The molecule has 3 aromatic rings. The van der Waals surface area contributed by atoms with Gasteiger partial charge in [-0.25, -0.2) is 19.0 Å². The number of oxazole rings is 1. The van der Waals surface area contributed by atoms with Crippen molar-refractivity contribution in [1.82, 2.24) is 19.3 Å². The smallest absolute Gasteiger partial charge is 0.423 e. The highest BCUT2D eigenvalue weighted by Crippen LogP contribution is 2.30. The Kier molecular flexibility index (Phi) is 10.8. The van der Waals surface area contributed by atoms with E-state index in [2.05, 4.69) is 51.6 Å². The molecule has 2 fully saturated rings. The fourth-order valence-electron chi connectivity index (χ4n) is 5.90. The number of fused-ring (bicyclic) bond motifs is 1. The summed E-state index contributed by atoms with van der Waals surface area (Å²) in [5.74, 6) is -1.64. The summed E-state index contributed by atoms with van der Waals surface area (Å²) < 4.78 is 17.7. The first-order valence-electron chi connectivity index (χ1n) is 15.8. The predicted octanol–water partition coefficient (Wildman–Crippen LogP) is 4.51. The zero-order valence-corrected chi connectivity index (χ0v) is 26.9. The summed E-state index contributed by atoms with van der Waals surface area (Å²) in [5, 5.41) is 0. The molecule has 1 unspecified atom stereocenters. The van der Waals surface area contributed by atoms with Crippen LogP contribution in [0.1, 0.15) is 31.2 Å². The van der Waals surface area contributed by atoms with Crippen LogP contribution >= 0.6 is 0 Å². The van der Waals surface area contributed by atoms with Gasteiger partial charge in [0.05, 0.1) is 17.8 Å². The molecule has 1 atom stereocenters. The van der Waals surface area contributed by atoms with Gasteiger partial charge in [0.1, 0.15) is 0 Å². The van der Waals surface area contributed by atoms with E-state index in [1.54, 1.807) is 19.1 Å². The Morgan fingerprint density at radius 1 is 1.02 bits per heavy atom. The lowest BCUT2D eigenvalue weighted by Crippen LogP contribution is -2.48. The Balaban J connectivity index is 1.32. The number of anilines is 1. The number of rotatable bonds is 10. The minimum atomic E-state index is -1.61. The van der Waals surface area contributed by atoms with E-state index in [0.29, 0.717) is 50.4 Å². The third-order valence-corrected chi connectivity index (χ3v) is 8.34. The molecule has 0 radical (unpaired) electrons. The number of para-hydroxylation sites is 1. The second-order valence-corrected chi connectivity index (χ2v) is 11.5. The Morgan fingerprint density at radius 2 is 1.76 bits per heavy atom. The number of carbonyl (C=O) groups excluding carboxylic acids is 2. The van der Waals surface area contributed by atoms with Gasteiger partial charge in [-0.15, -0.1) is 0 Å². The number of hydrogen-bond donors (Lipinski definition) is 0. The fourth-order valence-corrected chi connectivity index (χ4v) is 5.90. The number of nitrogens with zero attached hydrogens (tertiary/aromatic N) is 5. The summed E-state index contributed by atoms with van der Waals surface area (Å²) in [4.78, 5) is 47.6. The van der Waals surface area contributed by atoms with Crippen molar-refractivity contribution < 1.29 is 23.5 Å². The quantitative estimate of drug-likeness (QED) is 0.237. The minimum absolute atomic E-state index is 0.0637. The maximum atomic E-state index is 13.3. The lowest BCUT2D eigenvalue weighted by atomic mass is 10.0. The van der Waals surface area contributed by atoms with Crippen LogP contribution in [0.25, 0.3) is 16.7 Å². The van der Waals surface area contributed by atoms with Crippen molar-refractivity contribution in [2.75, 3.05) is 70.9 Å².